The molecule has 0 saturated carbocycles. The molecule has 0 N–H and O–H groups in total. The van der Waals surface area contributed by atoms with Gasteiger partial charge in [-0.2, -0.15) is 4.98 Å². The second-order valence-electron chi connectivity index (χ2n) is 6.23. The second kappa shape index (κ2) is 7.40. The summed E-state index contributed by atoms with van der Waals surface area (Å²) in [5, 5.41) is 4.09. The average molecular weight is 388 g/mol. The van der Waals surface area contributed by atoms with Gasteiger partial charge in [0.1, 0.15) is 11.5 Å². The molecule has 2 aromatic heterocycles. The zero-order valence-corrected chi connectivity index (χ0v) is 14.9. The Bertz CT molecular complexity index is 965. The average Bonchev–Trinajstić information content (AvgIpc) is 3.32. The Hall–Kier alpha value is -2.87. The number of halogens is 2. The first-order valence-corrected chi connectivity index (χ1v) is 8.84. The predicted octanol–water partition coefficient (Wildman–Crippen LogP) is 3.17. The van der Waals surface area contributed by atoms with Crippen molar-refractivity contribution < 1.29 is 13.7 Å². The molecule has 0 aliphatic carbocycles. The van der Waals surface area contributed by atoms with Crippen LogP contribution in [0.25, 0.3) is 11.6 Å². The monoisotopic (exact) mass is 387 g/mol. The van der Waals surface area contributed by atoms with E-state index < -0.39 is 5.82 Å². The molecule has 3 heterocycles. The molecule has 27 heavy (non-hydrogen) atoms. The van der Waals surface area contributed by atoms with Gasteiger partial charge in [-0.1, -0.05) is 16.8 Å². The van der Waals surface area contributed by atoms with Crippen LogP contribution in [-0.2, 0) is 6.42 Å². The standard InChI is InChI=1S/C18H15ClFN5O2/c19-14-8-11(20)3-4-13(14)18(26)25-7-1-2-12(25)9-16-23-17(27-24-16)15-10-21-5-6-22-15/h3-6,8,10,12H,1-2,7,9H2. The molecule has 0 radical (unpaired) electrons. The SMILES string of the molecule is O=C(c1ccc(F)cc1Cl)N1CCCC1Cc1noc(-c2cnccn2)n1. The molecule has 1 aliphatic rings. The van der Waals surface area contributed by atoms with Crippen LogP contribution in [0.3, 0.4) is 0 Å². The third kappa shape index (κ3) is 3.66. The molecule has 0 spiro atoms. The Labute approximate surface area is 159 Å². The van der Waals surface area contributed by atoms with E-state index in [0.717, 1.165) is 18.9 Å². The van der Waals surface area contributed by atoms with E-state index in [2.05, 4.69) is 20.1 Å². The molecule has 1 amide bonds. The van der Waals surface area contributed by atoms with Crippen molar-refractivity contribution in [3.63, 3.8) is 0 Å². The van der Waals surface area contributed by atoms with Crippen LogP contribution in [0, 0.1) is 5.82 Å². The Kier molecular flexibility index (Phi) is 4.81. The number of hydrogen-bond donors (Lipinski definition) is 0. The molecule has 1 fully saturated rings. The molecule has 1 saturated heterocycles. The number of carbonyl (C=O) groups is 1. The van der Waals surface area contributed by atoms with Crippen molar-refractivity contribution in [2.45, 2.75) is 25.3 Å². The third-order valence-corrected chi connectivity index (χ3v) is 4.78. The summed E-state index contributed by atoms with van der Waals surface area (Å²) in [6.45, 7) is 0.603. The van der Waals surface area contributed by atoms with E-state index in [-0.39, 0.29) is 22.9 Å². The minimum atomic E-state index is -0.474. The van der Waals surface area contributed by atoms with E-state index >= 15 is 0 Å². The number of carbonyl (C=O) groups excluding carboxylic acids is 1. The van der Waals surface area contributed by atoms with Crippen LogP contribution in [0.15, 0.2) is 41.3 Å². The maximum absolute atomic E-state index is 13.2. The van der Waals surface area contributed by atoms with Gasteiger partial charge in [0.25, 0.3) is 11.8 Å². The fourth-order valence-corrected chi connectivity index (χ4v) is 3.44. The normalized spacial score (nSPS) is 16.7. The van der Waals surface area contributed by atoms with Crippen LogP contribution in [0.2, 0.25) is 5.02 Å². The lowest BCUT2D eigenvalue weighted by atomic mass is 10.1. The van der Waals surface area contributed by atoms with Crippen LogP contribution < -0.4 is 0 Å². The summed E-state index contributed by atoms with van der Waals surface area (Å²) in [7, 11) is 0. The van der Waals surface area contributed by atoms with Gasteiger partial charge in [0.15, 0.2) is 5.82 Å². The highest BCUT2D eigenvalue weighted by molar-refractivity contribution is 6.33. The van der Waals surface area contributed by atoms with E-state index in [0.29, 0.717) is 30.0 Å². The van der Waals surface area contributed by atoms with Crippen LogP contribution in [-0.4, -0.2) is 43.5 Å². The zero-order valence-electron chi connectivity index (χ0n) is 14.2. The number of aromatic nitrogens is 4. The molecular weight excluding hydrogens is 373 g/mol. The van der Waals surface area contributed by atoms with Gasteiger partial charge in [-0.25, -0.2) is 9.37 Å². The number of rotatable bonds is 4. The van der Waals surface area contributed by atoms with Crippen molar-refractivity contribution in [3.8, 4) is 11.6 Å². The molecule has 7 nitrogen and oxygen atoms in total. The zero-order chi connectivity index (χ0) is 18.8. The fraction of sp³-hybridized carbons (Fsp3) is 0.278. The highest BCUT2D eigenvalue weighted by Crippen LogP contribution is 2.26. The fourth-order valence-electron chi connectivity index (χ4n) is 3.19. The molecule has 3 aromatic rings. The molecule has 9 heteroatoms. The van der Waals surface area contributed by atoms with Gasteiger partial charge in [0.05, 0.1) is 16.8 Å². The molecule has 1 unspecified atom stereocenters. The van der Waals surface area contributed by atoms with Gasteiger partial charge in [-0.3, -0.25) is 9.78 Å². The Morgan fingerprint density at radius 3 is 3.04 bits per heavy atom. The van der Waals surface area contributed by atoms with Crippen LogP contribution in [0.5, 0.6) is 0 Å². The predicted molar refractivity (Wildman–Crippen MR) is 94.5 cm³/mol. The molecule has 1 aliphatic heterocycles. The van der Waals surface area contributed by atoms with Gasteiger partial charge >= 0.3 is 0 Å². The van der Waals surface area contributed by atoms with E-state index in [1.165, 1.54) is 12.1 Å². The number of amides is 1. The van der Waals surface area contributed by atoms with Crippen molar-refractivity contribution in [2.75, 3.05) is 6.54 Å². The van der Waals surface area contributed by atoms with E-state index in [9.17, 15) is 9.18 Å². The van der Waals surface area contributed by atoms with Crippen LogP contribution >= 0.6 is 11.6 Å². The lowest BCUT2D eigenvalue weighted by Gasteiger charge is -2.24. The lowest BCUT2D eigenvalue weighted by Crippen LogP contribution is -2.37. The summed E-state index contributed by atoms with van der Waals surface area (Å²) in [6, 6.07) is 3.71. The van der Waals surface area contributed by atoms with Crippen molar-refractivity contribution in [1.29, 1.82) is 0 Å². The van der Waals surface area contributed by atoms with Crippen molar-refractivity contribution in [1.82, 2.24) is 25.0 Å². The largest absolute Gasteiger partial charge is 0.335 e. The molecule has 138 valence electrons. The first-order chi connectivity index (χ1) is 13.1. The van der Waals surface area contributed by atoms with Gasteiger partial charge in [-0.15, -0.1) is 0 Å². The van der Waals surface area contributed by atoms with Gasteiger partial charge in [0.2, 0.25) is 0 Å². The van der Waals surface area contributed by atoms with E-state index in [1.54, 1.807) is 23.5 Å². The Morgan fingerprint density at radius 2 is 2.26 bits per heavy atom. The third-order valence-electron chi connectivity index (χ3n) is 4.47. The van der Waals surface area contributed by atoms with Gasteiger partial charge < -0.3 is 9.42 Å². The van der Waals surface area contributed by atoms with Crippen molar-refractivity contribution in [2.24, 2.45) is 0 Å². The number of benzene rings is 1. The topological polar surface area (TPSA) is 85.0 Å². The van der Waals surface area contributed by atoms with Crippen LogP contribution in [0.4, 0.5) is 4.39 Å². The smallest absolute Gasteiger partial charge is 0.278 e. The number of hydrogen-bond acceptors (Lipinski definition) is 6. The van der Waals surface area contributed by atoms with Gasteiger partial charge in [0, 0.05) is 31.4 Å². The first-order valence-electron chi connectivity index (χ1n) is 8.47. The summed E-state index contributed by atoms with van der Waals surface area (Å²) in [5.74, 6) is 0.0825. The molecule has 1 atom stereocenters. The summed E-state index contributed by atoms with van der Waals surface area (Å²) >= 11 is 6.04. The maximum atomic E-state index is 13.2. The number of likely N-dealkylation sites (tertiary alicyclic amines) is 1. The van der Waals surface area contributed by atoms with E-state index in [1.807, 2.05) is 0 Å². The summed E-state index contributed by atoms with van der Waals surface area (Å²) in [4.78, 5) is 27.0. The molecule has 0 bridgehead atoms. The summed E-state index contributed by atoms with van der Waals surface area (Å²) in [5.41, 5.74) is 0.784. The second-order valence-corrected chi connectivity index (χ2v) is 6.64. The summed E-state index contributed by atoms with van der Waals surface area (Å²) < 4.78 is 18.5. The quantitative estimate of drug-likeness (QED) is 0.683. The minimum absolute atomic E-state index is 0.0778. The van der Waals surface area contributed by atoms with Crippen molar-refractivity contribution in [3.05, 3.63) is 59.0 Å². The Balaban J connectivity index is 1.50. The van der Waals surface area contributed by atoms with Crippen molar-refractivity contribution >= 4 is 17.5 Å². The highest BCUT2D eigenvalue weighted by Gasteiger charge is 2.31. The first kappa shape index (κ1) is 17.5. The lowest BCUT2D eigenvalue weighted by molar-refractivity contribution is 0.0735. The molecular formula is C18H15ClFN5O2. The molecule has 1 aromatic carbocycles. The summed E-state index contributed by atoms with van der Waals surface area (Å²) in [6.07, 6.45) is 6.78. The maximum Gasteiger partial charge on any atom is 0.278 e. The van der Waals surface area contributed by atoms with Gasteiger partial charge in [-0.05, 0) is 31.0 Å². The minimum Gasteiger partial charge on any atom is -0.335 e. The highest BCUT2D eigenvalue weighted by atomic mass is 35.5. The van der Waals surface area contributed by atoms with E-state index in [4.69, 9.17) is 16.1 Å². The number of nitrogens with zero attached hydrogens (tertiary/aromatic N) is 5. The molecule has 4 rings (SSSR count). The van der Waals surface area contributed by atoms with Crippen LogP contribution in [0.1, 0.15) is 29.0 Å². The Morgan fingerprint density at radius 1 is 1.37 bits per heavy atom.